The lowest BCUT2D eigenvalue weighted by Crippen LogP contribution is -2.29. The summed E-state index contributed by atoms with van der Waals surface area (Å²) in [7, 11) is 0. The molecule has 1 aliphatic rings. The third kappa shape index (κ3) is 1.68. The molecule has 0 bridgehead atoms. The molecule has 0 aliphatic carbocycles. The maximum absolute atomic E-state index is 5.60. The van der Waals surface area contributed by atoms with Gasteiger partial charge in [0.2, 0.25) is 0 Å². The van der Waals surface area contributed by atoms with E-state index in [4.69, 9.17) is 4.74 Å². The van der Waals surface area contributed by atoms with E-state index in [9.17, 15) is 0 Å². The largest absolute Gasteiger partial charge is 0.375 e. The average molecular weight is 128 g/mol. The van der Waals surface area contributed by atoms with Crippen molar-refractivity contribution in [2.24, 2.45) is 5.92 Å². The van der Waals surface area contributed by atoms with Crippen LogP contribution in [0.4, 0.5) is 0 Å². The highest BCUT2D eigenvalue weighted by Gasteiger charge is 2.21. The Bertz CT molecular complexity index is 90.6. The first-order valence-electron chi connectivity index (χ1n) is 3.85. The minimum Gasteiger partial charge on any atom is -0.375 e. The highest BCUT2D eigenvalue weighted by Crippen LogP contribution is 2.23. The Morgan fingerprint density at radius 1 is 1.11 bits per heavy atom. The lowest BCUT2D eigenvalue weighted by Gasteiger charge is -2.30. The summed E-state index contributed by atoms with van der Waals surface area (Å²) in [5, 5.41) is 0. The second kappa shape index (κ2) is 2.70. The molecule has 0 aromatic carbocycles. The molecule has 0 aromatic heterocycles. The zero-order valence-electron chi connectivity index (χ0n) is 6.55. The molecule has 0 N–H and O–H groups in total. The first-order chi connectivity index (χ1) is 4.20. The highest BCUT2D eigenvalue weighted by atomic mass is 16.5. The van der Waals surface area contributed by atoms with Crippen LogP contribution < -0.4 is 0 Å². The van der Waals surface area contributed by atoms with E-state index in [1.165, 1.54) is 12.8 Å². The minimum absolute atomic E-state index is 0.480. The molecule has 0 amide bonds. The van der Waals surface area contributed by atoms with Crippen LogP contribution >= 0.6 is 0 Å². The summed E-state index contributed by atoms with van der Waals surface area (Å²) >= 11 is 0. The van der Waals surface area contributed by atoms with Gasteiger partial charge in [0.05, 0.1) is 12.2 Å². The number of hydrogen-bond acceptors (Lipinski definition) is 1. The van der Waals surface area contributed by atoms with E-state index in [1.807, 2.05) is 0 Å². The Kier molecular flexibility index (Phi) is 2.12. The summed E-state index contributed by atoms with van der Waals surface area (Å²) in [4.78, 5) is 0. The van der Waals surface area contributed by atoms with Crippen LogP contribution in [-0.2, 0) is 4.74 Å². The quantitative estimate of drug-likeness (QED) is 0.486. The molecule has 9 heavy (non-hydrogen) atoms. The molecular weight excluding hydrogens is 112 g/mol. The summed E-state index contributed by atoms with van der Waals surface area (Å²) in [6.07, 6.45) is 3.55. The fraction of sp³-hybridized carbons (Fsp3) is 1.00. The van der Waals surface area contributed by atoms with Gasteiger partial charge < -0.3 is 4.74 Å². The van der Waals surface area contributed by atoms with Crippen LogP contribution in [-0.4, -0.2) is 12.2 Å². The van der Waals surface area contributed by atoms with Crippen molar-refractivity contribution in [3.63, 3.8) is 0 Å². The van der Waals surface area contributed by atoms with Gasteiger partial charge in [-0.1, -0.05) is 6.92 Å². The molecule has 1 aliphatic heterocycles. The monoisotopic (exact) mass is 128 g/mol. The summed E-state index contributed by atoms with van der Waals surface area (Å²) in [6.45, 7) is 6.58. The molecule has 1 nitrogen and oxygen atoms in total. The zero-order valence-corrected chi connectivity index (χ0v) is 6.55. The SMILES string of the molecule is C[C@H]1CC[C@H](C)[C@@H](C)O1. The van der Waals surface area contributed by atoms with Crippen molar-refractivity contribution in [3.05, 3.63) is 0 Å². The molecule has 0 unspecified atom stereocenters. The standard InChI is InChI=1S/C8H16O/c1-6-4-5-7(2)9-8(6)3/h6-8H,4-5H2,1-3H3/t6-,7-,8+/m0/s1. The fourth-order valence-corrected chi connectivity index (χ4v) is 1.30. The van der Waals surface area contributed by atoms with Crippen LogP contribution in [0.3, 0.4) is 0 Å². The van der Waals surface area contributed by atoms with E-state index >= 15 is 0 Å². The molecule has 1 rings (SSSR count). The summed E-state index contributed by atoms with van der Waals surface area (Å²) in [6, 6.07) is 0. The predicted molar refractivity (Wildman–Crippen MR) is 38.4 cm³/mol. The molecule has 0 aromatic rings. The molecule has 0 saturated carbocycles. The smallest absolute Gasteiger partial charge is 0.0576 e. The van der Waals surface area contributed by atoms with Crippen molar-refractivity contribution in [1.29, 1.82) is 0 Å². The van der Waals surface area contributed by atoms with Crippen LogP contribution in [0.2, 0.25) is 0 Å². The van der Waals surface area contributed by atoms with E-state index in [-0.39, 0.29) is 0 Å². The number of rotatable bonds is 0. The third-order valence-corrected chi connectivity index (χ3v) is 2.28. The molecule has 0 spiro atoms. The van der Waals surface area contributed by atoms with Gasteiger partial charge in [-0.05, 0) is 32.6 Å². The van der Waals surface area contributed by atoms with Crippen LogP contribution in [0.5, 0.6) is 0 Å². The molecule has 0 radical (unpaired) electrons. The van der Waals surface area contributed by atoms with E-state index < -0.39 is 0 Å². The lowest BCUT2D eigenvalue weighted by molar-refractivity contribution is -0.0594. The Hall–Kier alpha value is -0.0400. The van der Waals surface area contributed by atoms with E-state index in [1.54, 1.807) is 0 Å². The summed E-state index contributed by atoms with van der Waals surface area (Å²) in [5.74, 6) is 0.765. The molecular formula is C8H16O. The normalized spacial score (nSPS) is 45.0. The molecule has 1 saturated heterocycles. The Balaban J connectivity index is 2.35. The molecule has 1 heteroatoms. The van der Waals surface area contributed by atoms with Crippen molar-refractivity contribution in [3.8, 4) is 0 Å². The van der Waals surface area contributed by atoms with Crippen molar-refractivity contribution in [1.82, 2.24) is 0 Å². The lowest BCUT2D eigenvalue weighted by atomic mass is 9.95. The van der Waals surface area contributed by atoms with E-state index in [0.717, 1.165) is 5.92 Å². The zero-order chi connectivity index (χ0) is 6.85. The summed E-state index contributed by atoms with van der Waals surface area (Å²) < 4.78 is 5.60. The maximum atomic E-state index is 5.60. The van der Waals surface area contributed by atoms with Crippen molar-refractivity contribution in [2.75, 3.05) is 0 Å². The highest BCUT2D eigenvalue weighted by molar-refractivity contribution is 4.70. The van der Waals surface area contributed by atoms with E-state index in [2.05, 4.69) is 20.8 Å². The summed E-state index contributed by atoms with van der Waals surface area (Å²) in [5.41, 5.74) is 0. The number of ether oxygens (including phenoxy) is 1. The van der Waals surface area contributed by atoms with E-state index in [0.29, 0.717) is 12.2 Å². The number of hydrogen-bond donors (Lipinski definition) is 0. The van der Waals surface area contributed by atoms with Crippen LogP contribution in [0, 0.1) is 5.92 Å². The van der Waals surface area contributed by atoms with Crippen molar-refractivity contribution in [2.45, 2.75) is 45.8 Å². The fourth-order valence-electron chi connectivity index (χ4n) is 1.30. The second-order valence-corrected chi connectivity index (χ2v) is 3.21. The van der Waals surface area contributed by atoms with Gasteiger partial charge in [0.1, 0.15) is 0 Å². The van der Waals surface area contributed by atoms with Crippen LogP contribution in [0.1, 0.15) is 33.6 Å². The first kappa shape index (κ1) is 7.07. The Morgan fingerprint density at radius 2 is 1.78 bits per heavy atom. The van der Waals surface area contributed by atoms with Gasteiger partial charge in [-0.2, -0.15) is 0 Å². The van der Waals surface area contributed by atoms with Crippen molar-refractivity contribution >= 4 is 0 Å². The van der Waals surface area contributed by atoms with Crippen LogP contribution in [0.25, 0.3) is 0 Å². The third-order valence-electron chi connectivity index (χ3n) is 2.28. The second-order valence-electron chi connectivity index (χ2n) is 3.21. The van der Waals surface area contributed by atoms with Gasteiger partial charge in [0.25, 0.3) is 0 Å². The Labute approximate surface area is 57.4 Å². The van der Waals surface area contributed by atoms with Gasteiger partial charge in [0, 0.05) is 0 Å². The molecule has 3 atom stereocenters. The van der Waals surface area contributed by atoms with Gasteiger partial charge in [0.15, 0.2) is 0 Å². The molecule has 1 heterocycles. The van der Waals surface area contributed by atoms with Gasteiger partial charge in [-0.15, -0.1) is 0 Å². The molecule has 54 valence electrons. The van der Waals surface area contributed by atoms with Crippen molar-refractivity contribution < 1.29 is 4.74 Å². The van der Waals surface area contributed by atoms with Gasteiger partial charge >= 0.3 is 0 Å². The predicted octanol–water partition coefficient (Wildman–Crippen LogP) is 2.21. The average Bonchev–Trinajstić information content (AvgIpc) is 1.80. The molecule has 1 fully saturated rings. The van der Waals surface area contributed by atoms with Crippen LogP contribution in [0.15, 0.2) is 0 Å². The van der Waals surface area contributed by atoms with Gasteiger partial charge in [-0.3, -0.25) is 0 Å². The maximum Gasteiger partial charge on any atom is 0.0576 e. The first-order valence-corrected chi connectivity index (χ1v) is 3.85. The Morgan fingerprint density at radius 3 is 2.22 bits per heavy atom. The topological polar surface area (TPSA) is 9.23 Å². The van der Waals surface area contributed by atoms with Gasteiger partial charge in [-0.25, -0.2) is 0 Å². The minimum atomic E-state index is 0.480.